The molecule has 0 spiro atoms. The molecule has 5 nitrogen and oxygen atoms in total. The molecule has 0 heterocycles. The quantitative estimate of drug-likeness (QED) is 0.720. The molecule has 5 heteroatoms. The van der Waals surface area contributed by atoms with Crippen molar-refractivity contribution in [3.8, 4) is 0 Å². The van der Waals surface area contributed by atoms with Crippen LogP contribution in [0.5, 0.6) is 0 Å². The number of nitrogens with one attached hydrogen (secondary N) is 2. The topological polar surface area (TPSA) is 78.4 Å². The largest absolute Gasteiger partial charge is 0.394 e. The number of benzene rings is 1. The zero-order chi connectivity index (χ0) is 13.9. The van der Waals surface area contributed by atoms with E-state index < -0.39 is 11.6 Å². The number of hydrogen-bond acceptors (Lipinski definition) is 3. The Morgan fingerprint density at radius 1 is 1.32 bits per heavy atom. The van der Waals surface area contributed by atoms with E-state index in [2.05, 4.69) is 10.6 Å². The molecule has 0 aliphatic heterocycles. The molecule has 19 heavy (non-hydrogen) atoms. The van der Waals surface area contributed by atoms with Crippen molar-refractivity contribution in [2.45, 2.75) is 31.3 Å². The number of rotatable bonds is 5. The summed E-state index contributed by atoms with van der Waals surface area (Å²) in [5.74, 6) is -0.548. The molecule has 0 radical (unpaired) electrons. The molecule has 3 N–H and O–H groups in total. The van der Waals surface area contributed by atoms with E-state index >= 15 is 0 Å². The first-order chi connectivity index (χ1) is 9.06. The van der Waals surface area contributed by atoms with Gasteiger partial charge in [0.05, 0.1) is 12.1 Å². The minimum Gasteiger partial charge on any atom is -0.394 e. The fourth-order valence-corrected chi connectivity index (χ4v) is 1.78. The Bertz CT molecular complexity index is 469. The third-order valence-electron chi connectivity index (χ3n) is 3.32. The maximum Gasteiger partial charge on any atom is 0.251 e. The van der Waals surface area contributed by atoms with E-state index in [4.69, 9.17) is 5.11 Å². The maximum atomic E-state index is 11.9. The van der Waals surface area contributed by atoms with Crippen molar-refractivity contribution in [2.24, 2.45) is 0 Å². The molecule has 1 aromatic carbocycles. The van der Waals surface area contributed by atoms with Crippen LogP contribution in [-0.2, 0) is 4.79 Å². The monoisotopic (exact) mass is 262 g/mol. The Kier molecular flexibility index (Phi) is 3.85. The van der Waals surface area contributed by atoms with Crippen molar-refractivity contribution in [1.29, 1.82) is 0 Å². The van der Waals surface area contributed by atoms with Crippen molar-refractivity contribution >= 4 is 11.8 Å². The molecule has 1 unspecified atom stereocenters. The van der Waals surface area contributed by atoms with Crippen LogP contribution < -0.4 is 10.6 Å². The van der Waals surface area contributed by atoms with E-state index in [1.54, 1.807) is 31.2 Å². The van der Waals surface area contributed by atoms with Gasteiger partial charge in [-0.3, -0.25) is 9.59 Å². The van der Waals surface area contributed by atoms with Crippen LogP contribution in [0.2, 0.25) is 0 Å². The molecule has 102 valence electrons. The standard InChI is InChI=1S/C14H18N2O3/c1-10(12(18)16-14(9-17)7-8-14)15-13(19)11-5-3-2-4-6-11/h2-6,10,17H,7-9H2,1H3,(H,15,19)(H,16,18). The van der Waals surface area contributed by atoms with E-state index in [0.29, 0.717) is 5.56 Å². The summed E-state index contributed by atoms with van der Waals surface area (Å²) in [6.07, 6.45) is 1.57. The van der Waals surface area contributed by atoms with Crippen LogP contribution >= 0.6 is 0 Å². The number of amides is 2. The van der Waals surface area contributed by atoms with E-state index in [9.17, 15) is 9.59 Å². The third kappa shape index (κ3) is 3.32. The van der Waals surface area contributed by atoms with Crippen LogP contribution in [0.15, 0.2) is 30.3 Å². The van der Waals surface area contributed by atoms with Gasteiger partial charge in [-0.1, -0.05) is 18.2 Å². The Balaban J connectivity index is 1.88. The first-order valence-corrected chi connectivity index (χ1v) is 6.35. The minimum absolute atomic E-state index is 0.0574. The summed E-state index contributed by atoms with van der Waals surface area (Å²) in [7, 11) is 0. The summed E-state index contributed by atoms with van der Waals surface area (Å²) in [4.78, 5) is 23.8. The van der Waals surface area contributed by atoms with Gasteiger partial charge in [0.25, 0.3) is 5.91 Å². The number of carbonyl (C=O) groups is 2. The normalized spacial score (nSPS) is 17.4. The molecular weight excluding hydrogens is 244 g/mol. The summed E-state index contributed by atoms with van der Waals surface area (Å²) in [6, 6.07) is 8.11. The van der Waals surface area contributed by atoms with Gasteiger partial charge >= 0.3 is 0 Å². The van der Waals surface area contributed by atoms with Gasteiger partial charge in [-0.25, -0.2) is 0 Å². The molecule has 0 aromatic heterocycles. The van der Waals surface area contributed by atoms with Crippen molar-refractivity contribution in [1.82, 2.24) is 10.6 Å². The molecule has 0 bridgehead atoms. The number of aliphatic hydroxyl groups is 1. The second kappa shape index (κ2) is 5.40. The fraction of sp³-hybridized carbons (Fsp3) is 0.429. The third-order valence-corrected chi connectivity index (χ3v) is 3.32. The Morgan fingerprint density at radius 2 is 1.95 bits per heavy atom. The minimum atomic E-state index is -0.628. The van der Waals surface area contributed by atoms with Crippen LogP contribution in [0.1, 0.15) is 30.1 Å². The van der Waals surface area contributed by atoms with Crippen LogP contribution in [0.25, 0.3) is 0 Å². The summed E-state index contributed by atoms with van der Waals surface area (Å²) in [5.41, 5.74) is 0.0634. The first-order valence-electron chi connectivity index (χ1n) is 6.35. The average molecular weight is 262 g/mol. The van der Waals surface area contributed by atoms with Crippen LogP contribution in [0.3, 0.4) is 0 Å². The Hall–Kier alpha value is -1.88. The summed E-state index contributed by atoms with van der Waals surface area (Å²) < 4.78 is 0. The summed E-state index contributed by atoms with van der Waals surface area (Å²) in [6.45, 7) is 1.57. The highest BCUT2D eigenvalue weighted by molar-refractivity contribution is 5.97. The van der Waals surface area contributed by atoms with Gasteiger partial charge in [-0.05, 0) is 31.9 Å². The van der Waals surface area contributed by atoms with Crippen LogP contribution in [0.4, 0.5) is 0 Å². The number of carbonyl (C=O) groups excluding carboxylic acids is 2. The van der Waals surface area contributed by atoms with Gasteiger partial charge in [0, 0.05) is 5.56 Å². The molecule has 1 atom stereocenters. The highest BCUT2D eigenvalue weighted by atomic mass is 16.3. The van der Waals surface area contributed by atoms with E-state index in [-0.39, 0.29) is 18.4 Å². The summed E-state index contributed by atoms with van der Waals surface area (Å²) >= 11 is 0. The van der Waals surface area contributed by atoms with Gasteiger partial charge in [-0.15, -0.1) is 0 Å². The van der Waals surface area contributed by atoms with Crippen molar-refractivity contribution in [2.75, 3.05) is 6.61 Å². The highest BCUT2D eigenvalue weighted by Gasteiger charge is 2.44. The first kappa shape index (κ1) is 13.5. The molecule has 0 saturated heterocycles. The van der Waals surface area contributed by atoms with E-state index in [1.165, 1.54) is 0 Å². The lowest BCUT2D eigenvalue weighted by Crippen LogP contribution is -2.50. The smallest absolute Gasteiger partial charge is 0.251 e. The molecule has 2 amide bonds. The molecular formula is C14H18N2O3. The lowest BCUT2D eigenvalue weighted by Gasteiger charge is -2.19. The molecule has 1 aliphatic carbocycles. The van der Waals surface area contributed by atoms with Gasteiger partial charge in [0.15, 0.2) is 0 Å². The van der Waals surface area contributed by atoms with Crippen LogP contribution in [0, 0.1) is 0 Å². The van der Waals surface area contributed by atoms with Crippen molar-refractivity contribution in [3.05, 3.63) is 35.9 Å². The van der Waals surface area contributed by atoms with Gasteiger partial charge in [-0.2, -0.15) is 0 Å². The fourth-order valence-electron chi connectivity index (χ4n) is 1.78. The summed E-state index contributed by atoms with van der Waals surface area (Å²) in [5, 5.41) is 14.6. The number of hydrogen-bond donors (Lipinski definition) is 3. The predicted octanol–water partition coefficient (Wildman–Crippen LogP) is 0.446. The molecule has 2 rings (SSSR count). The molecule has 1 fully saturated rings. The van der Waals surface area contributed by atoms with Crippen LogP contribution in [-0.4, -0.2) is 35.1 Å². The maximum absolute atomic E-state index is 11.9. The predicted molar refractivity (Wildman–Crippen MR) is 70.6 cm³/mol. The Labute approximate surface area is 112 Å². The zero-order valence-electron chi connectivity index (χ0n) is 10.8. The number of aliphatic hydroxyl groups excluding tert-OH is 1. The SMILES string of the molecule is CC(NC(=O)c1ccccc1)C(=O)NC1(CO)CC1. The van der Waals surface area contributed by atoms with Gasteiger partial charge < -0.3 is 15.7 Å². The second-order valence-corrected chi connectivity index (χ2v) is 4.99. The second-order valence-electron chi connectivity index (χ2n) is 4.99. The van der Waals surface area contributed by atoms with Crippen molar-refractivity contribution in [3.63, 3.8) is 0 Å². The lowest BCUT2D eigenvalue weighted by molar-refractivity contribution is -0.123. The zero-order valence-corrected chi connectivity index (χ0v) is 10.8. The molecule has 1 aromatic rings. The molecule has 1 aliphatic rings. The van der Waals surface area contributed by atoms with E-state index in [1.807, 2.05) is 6.07 Å². The molecule has 1 saturated carbocycles. The van der Waals surface area contributed by atoms with Gasteiger partial charge in [0.1, 0.15) is 6.04 Å². The highest BCUT2D eigenvalue weighted by Crippen LogP contribution is 2.34. The van der Waals surface area contributed by atoms with Crippen molar-refractivity contribution < 1.29 is 14.7 Å². The lowest BCUT2D eigenvalue weighted by atomic mass is 10.2. The van der Waals surface area contributed by atoms with Gasteiger partial charge in [0.2, 0.25) is 5.91 Å². The Morgan fingerprint density at radius 3 is 2.47 bits per heavy atom. The van der Waals surface area contributed by atoms with E-state index in [0.717, 1.165) is 12.8 Å². The average Bonchev–Trinajstić information content (AvgIpc) is 3.20.